The molecular weight excluding hydrogens is 208 g/mol. The van der Waals surface area contributed by atoms with Crippen LogP contribution in [0.2, 0.25) is 0 Å². The quantitative estimate of drug-likeness (QED) is 0.744. The minimum absolute atomic E-state index is 0.768. The predicted octanol–water partition coefficient (Wildman–Crippen LogP) is 3.03. The lowest BCUT2D eigenvalue weighted by Gasteiger charge is -2.29. The molecule has 0 amide bonds. The van der Waals surface area contributed by atoms with Crippen molar-refractivity contribution in [2.45, 2.75) is 70.9 Å². The molecule has 0 spiro atoms. The van der Waals surface area contributed by atoms with E-state index in [1.165, 1.54) is 64.6 Å². The molecule has 2 rings (SSSR count). The molecule has 0 aromatic rings. The molecule has 1 saturated carbocycles. The van der Waals surface area contributed by atoms with Crippen molar-refractivity contribution in [1.82, 2.24) is 10.2 Å². The zero-order valence-electron chi connectivity index (χ0n) is 11.8. The topological polar surface area (TPSA) is 15.3 Å². The third-order valence-electron chi connectivity index (χ3n) is 4.83. The second-order valence-corrected chi connectivity index (χ2v) is 6.15. The van der Waals surface area contributed by atoms with Gasteiger partial charge in [0.25, 0.3) is 0 Å². The average molecular weight is 238 g/mol. The van der Waals surface area contributed by atoms with Crippen LogP contribution in [0.25, 0.3) is 0 Å². The van der Waals surface area contributed by atoms with Crippen LogP contribution in [0.5, 0.6) is 0 Å². The Labute approximate surface area is 107 Å². The Morgan fingerprint density at radius 3 is 2.76 bits per heavy atom. The fourth-order valence-electron chi connectivity index (χ4n) is 3.49. The van der Waals surface area contributed by atoms with Gasteiger partial charge in [-0.15, -0.1) is 0 Å². The van der Waals surface area contributed by atoms with Crippen molar-refractivity contribution < 1.29 is 0 Å². The van der Waals surface area contributed by atoms with Crippen LogP contribution in [0.3, 0.4) is 0 Å². The van der Waals surface area contributed by atoms with Crippen molar-refractivity contribution in [2.75, 3.05) is 19.6 Å². The third-order valence-corrected chi connectivity index (χ3v) is 4.83. The van der Waals surface area contributed by atoms with Crippen LogP contribution in [0, 0.1) is 5.92 Å². The molecule has 1 heterocycles. The number of nitrogens with one attached hydrogen (secondary N) is 1. The second-order valence-electron chi connectivity index (χ2n) is 6.15. The Morgan fingerprint density at radius 1 is 1.06 bits per heavy atom. The van der Waals surface area contributed by atoms with E-state index in [1.807, 2.05) is 0 Å². The lowest BCUT2D eigenvalue weighted by molar-refractivity contribution is 0.188. The highest BCUT2D eigenvalue weighted by molar-refractivity contribution is 4.81. The van der Waals surface area contributed by atoms with Crippen LogP contribution in [-0.2, 0) is 0 Å². The largest absolute Gasteiger partial charge is 0.313 e. The van der Waals surface area contributed by atoms with E-state index >= 15 is 0 Å². The van der Waals surface area contributed by atoms with E-state index in [2.05, 4.69) is 24.1 Å². The van der Waals surface area contributed by atoms with Gasteiger partial charge in [0.2, 0.25) is 0 Å². The number of rotatable bonds is 2. The third kappa shape index (κ3) is 3.96. The number of nitrogens with zero attached hydrogens (tertiary/aromatic N) is 1. The molecule has 100 valence electrons. The number of hydrogen-bond acceptors (Lipinski definition) is 2. The Kier molecular flexibility index (Phi) is 5.30. The van der Waals surface area contributed by atoms with Gasteiger partial charge in [0.1, 0.15) is 0 Å². The second kappa shape index (κ2) is 6.75. The minimum atomic E-state index is 0.768. The molecule has 2 nitrogen and oxygen atoms in total. The first-order valence-corrected chi connectivity index (χ1v) is 7.77. The van der Waals surface area contributed by atoms with E-state index in [0.29, 0.717) is 0 Å². The molecule has 3 unspecified atom stereocenters. The molecular formula is C15H30N2. The molecule has 2 aliphatic rings. The van der Waals surface area contributed by atoms with E-state index in [-0.39, 0.29) is 0 Å². The Balaban J connectivity index is 1.84. The first kappa shape index (κ1) is 13.4. The van der Waals surface area contributed by atoms with Crippen LogP contribution in [-0.4, -0.2) is 36.6 Å². The maximum atomic E-state index is 3.68. The molecule has 17 heavy (non-hydrogen) atoms. The summed E-state index contributed by atoms with van der Waals surface area (Å²) in [5, 5.41) is 3.68. The molecule has 1 saturated heterocycles. The van der Waals surface area contributed by atoms with E-state index in [9.17, 15) is 0 Å². The predicted molar refractivity (Wildman–Crippen MR) is 74.3 cm³/mol. The van der Waals surface area contributed by atoms with Crippen molar-refractivity contribution in [3.05, 3.63) is 0 Å². The van der Waals surface area contributed by atoms with Gasteiger partial charge in [-0.25, -0.2) is 0 Å². The van der Waals surface area contributed by atoms with Crippen molar-refractivity contribution in [2.24, 2.45) is 5.92 Å². The maximum Gasteiger partial charge on any atom is 0.0110 e. The summed E-state index contributed by atoms with van der Waals surface area (Å²) in [6.45, 7) is 8.53. The Bertz CT molecular complexity index is 217. The van der Waals surface area contributed by atoms with Crippen LogP contribution in [0.4, 0.5) is 0 Å². The van der Waals surface area contributed by atoms with E-state index in [1.54, 1.807) is 0 Å². The van der Waals surface area contributed by atoms with Crippen LogP contribution in [0.15, 0.2) is 0 Å². The molecule has 1 N–H and O–H groups in total. The van der Waals surface area contributed by atoms with E-state index in [0.717, 1.165) is 18.0 Å². The normalized spacial score (nSPS) is 37.4. The van der Waals surface area contributed by atoms with Gasteiger partial charge in [-0.05, 0) is 44.6 Å². The molecule has 1 aliphatic carbocycles. The maximum absolute atomic E-state index is 3.68. The first-order valence-electron chi connectivity index (χ1n) is 7.77. The van der Waals surface area contributed by atoms with Crippen molar-refractivity contribution >= 4 is 0 Å². The van der Waals surface area contributed by atoms with Crippen LogP contribution < -0.4 is 5.32 Å². The molecule has 2 fully saturated rings. The summed E-state index contributed by atoms with van der Waals surface area (Å²) in [5.41, 5.74) is 0. The van der Waals surface area contributed by atoms with Crippen molar-refractivity contribution in [3.8, 4) is 0 Å². The minimum Gasteiger partial charge on any atom is -0.313 e. The monoisotopic (exact) mass is 238 g/mol. The van der Waals surface area contributed by atoms with Crippen molar-refractivity contribution in [1.29, 1.82) is 0 Å². The molecule has 0 bridgehead atoms. The van der Waals surface area contributed by atoms with Gasteiger partial charge in [0.05, 0.1) is 0 Å². The van der Waals surface area contributed by atoms with Gasteiger partial charge in [0, 0.05) is 25.2 Å². The highest BCUT2D eigenvalue weighted by Gasteiger charge is 2.24. The molecule has 2 heteroatoms. The molecule has 1 aliphatic heterocycles. The van der Waals surface area contributed by atoms with Gasteiger partial charge >= 0.3 is 0 Å². The first-order chi connectivity index (χ1) is 8.29. The standard InChI is InChI=1S/C15H30N2/c1-3-14-9-11-17(12-10-16-14)15-6-4-5-13(2)7-8-15/h13-16H,3-12H2,1-2H3. The van der Waals surface area contributed by atoms with E-state index in [4.69, 9.17) is 0 Å². The molecule has 0 aromatic heterocycles. The zero-order valence-corrected chi connectivity index (χ0v) is 11.8. The fourth-order valence-corrected chi connectivity index (χ4v) is 3.49. The number of hydrogen-bond donors (Lipinski definition) is 1. The summed E-state index contributed by atoms with van der Waals surface area (Å²) in [7, 11) is 0. The smallest absolute Gasteiger partial charge is 0.0110 e. The van der Waals surface area contributed by atoms with Crippen LogP contribution >= 0.6 is 0 Å². The molecule has 0 aromatic carbocycles. The Hall–Kier alpha value is -0.0800. The highest BCUT2D eigenvalue weighted by atomic mass is 15.2. The SMILES string of the molecule is CCC1CCN(C2CCCC(C)CC2)CCN1. The molecule has 3 atom stereocenters. The highest BCUT2D eigenvalue weighted by Crippen LogP contribution is 2.26. The Morgan fingerprint density at radius 2 is 1.94 bits per heavy atom. The van der Waals surface area contributed by atoms with Crippen molar-refractivity contribution in [3.63, 3.8) is 0 Å². The van der Waals surface area contributed by atoms with Gasteiger partial charge in [0.15, 0.2) is 0 Å². The summed E-state index contributed by atoms with van der Waals surface area (Å²) in [6.07, 6.45) is 9.89. The van der Waals surface area contributed by atoms with Crippen LogP contribution in [0.1, 0.15) is 58.8 Å². The van der Waals surface area contributed by atoms with Gasteiger partial charge < -0.3 is 5.32 Å². The lowest BCUT2D eigenvalue weighted by atomic mass is 10.0. The molecule has 0 radical (unpaired) electrons. The van der Waals surface area contributed by atoms with Gasteiger partial charge in [-0.2, -0.15) is 0 Å². The van der Waals surface area contributed by atoms with Gasteiger partial charge in [-0.1, -0.05) is 26.7 Å². The fraction of sp³-hybridized carbons (Fsp3) is 1.00. The zero-order chi connectivity index (χ0) is 12.1. The summed E-state index contributed by atoms with van der Waals surface area (Å²) in [5.74, 6) is 0.966. The van der Waals surface area contributed by atoms with Gasteiger partial charge in [-0.3, -0.25) is 4.90 Å². The summed E-state index contributed by atoms with van der Waals surface area (Å²) in [6, 6.07) is 1.65. The average Bonchev–Trinajstić information content (AvgIpc) is 2.69. The summed E-state index contributed by atoms with van der Waals surface area (Å²) < 4.78 is 0. The summed E-state index contributed by atoms with van der Waals surface area (Å²) in [4.78, 5) is 2.78. The lowest BCUT2D eigenvalue weighted by Crippen LogP contribution is -2.37. The van der Waals surface area contributed by atoms with E-state index < -0.39 is 0 Å². The summed E-state index contributed by atoms with van der Waals surface area (Å²) >= 11 is 0.